The fourth-order valence-electron chi connectivity index (χ4n) is 1.89. The molecule has 118 valence electrons. The second-order valence-electron chi connectivity index (χ2n) is 5.75. The molecule has 0 heterocycles. The maximum Gasteiger partial charge on any atom is 0.241 e. The molecule has 1 amide bonds. The van der Waals surface area contributed by atoms with Gasteiger partial charge in [-0.05, 0) is 40.0 Å². The SMILES string of the molecule is CC(C(=O)Nc1c(Cl)cc(N)cc1Cl)N(C)CC(C)(C)O. The van der Waals surface area contributed by atoms with Gasteiger partial charge in [0, 0.05) is 12.2 Å². The number of likely N-dealkylation sites (N-methyl/N-ethyl adjacent to an activating group) is 1. The third-order valence-electron chi connectivity index (χ3n) is 2.99. The van der Waals surface area contributed by atoms with E-state index in [1.54, 1.807) is 32.7 Å². The first-order valence-electron chi connectivity index (χ1n) is 6.49. The van der Waals surface area contributed by atoms with Gasteiger partial charge in [0.1, 0.15) is 0 Å². The van der Waals surface area contributed by atoms with Gasteiger partial charge in [-0.1, -0.05) is 23.2 Å². The van der Waals surface area contributed by atoms with Crippen LogP contribution in [0.15, 0.2) is 12.1 Å². The van der Waals surface area contributed by atoms with Gasteiger partial charge in [0.15, 0.2) is 0 Å². The highest BCUT2D eigenvalue weighted by atomic mass is 35.5. The normalized spacial score (nSPS) is 13.3. The molecule has 1 aromatic rings. The van der Waals surface area contributed by atoms with E-state index in [4.69, 9.17) is 28.9 Å². The van der Waals surface area contributed by atoms with Crippen molar-refractivity contribution in [1.29, 1.82) is 0 Å². The van der Waals surface area contributed by atoms with E-state index >= 15 is 0 Å². The van der Waals surface area contributed by atoms with Crippen LogP contribution < -0.4 is 11.1 Å². The monoisotopic (exact) mass is 333 g/mol. The summed E-state index contributed by atoms with van der Waals surface area (Å²) in [6, 6.07) is 2.59. The topological polar surface area (TPSA) is 78.6 Å². The van der Waals surface area contributed by atoms with Gasteiger partial charge in [-0.2, -0.15) is 0 Å². The molecule has 0 aliphatic rings. The Morgan fingerprint density at radius 3 is 2.33 bits per heavy atom. The maximum absolute atomic E-state index is 12.2. The quantitative estimate of drug-likeness (QED) is 0.723. The number of nitrogen functional groups attached to an aromatic ring is 1. The Kier molecular flexibility index (Phi) is 5.87. The number of nitrogens with one attached hydrogen (secondary N) is 1. The molecule has 21 heavy (non-hydrogen) atoms. The Morgan fingerprint density at radius 1 is 1.43 bits per heavy atom. The molecule has 0 saturated heterocycles. The van der Waals surface area contributed by atoms with Crippen LogP contribution in [-0.4, -0.2) is 41.1 Å². The summed E-state index contributed by atoms with van der Waals surface area (Å²) in [7, 11) is 1.76. The minimum Gasteiger partial charge on any atom is -0.399 e. The summed E-state index contributed by atoms with van der Waals surface area (Å²) in [6.45, 7) is 5.45. The van der Waals surface area contributed by atoms with E-state index in [1.807, 2.05) is 0 Å². The molecule has 1 rings (SSSR count). The van der Waals surface area contributed by atoms with E-state index in [-0.39, 0.29) is 16.0 Å². The molecular weight excluding hydrogens is 313 g/mol. The Labute approximate surface area is 135 Å². The summed E-state index contributed by atoms with van der Waals surface area (Å²) >= 11 is 12.1. The lowest BCUT2D eigenvalue weighted by Gasteiger charge is -2.29. The van der Waals surface area contributed by atoms with Crippen LogP contribution in [0.5, 0.6) is 0 Å². The minimum absolute atomic E-state index is 0.268. The number of anilines is 2. The molecule has 1 unspecified atom stereocenters. The van der Waals surface area contributed by atoms with E-state index in [0.29, 0.717) is 17.9 Å². The Hall–Kier alpha value is -1.01. The number of nitrogens with zero attached hydrogens (tertiary/aromatic N) is 1. The van der Waals surface area contributed by atoms with Gasteiger partial charge < -0.3 is 16.2 Å². The van der Waals surface area contributed by atoms with Crippen molar-refractivity contribution >= 4 is 40.5 Å². The number of halogens is 2. The summed E-state index contributed by atoms with van der Waals surface area (Å²) in [5, 5.41) is 13.1. The molecule has 0 bridgehead atoms. The lowest BCUT2D eigenvalue weighted by Crippen LogP contribution is -2.46. The largest absolute Gasteiger partial charge is 0.399 e. The van der Waals surface area contributed by atoms with Crippen LogP contribution in [0.1, 0.15) is 20.8 Å². The van der Waals surface area contributed by atoms with Gasteiger partial charge in [0.25, 0.3) is 0 Å². The second kappa shape index (κ2) is 6.83. The smallest absolute Gasteiger partial charge is 0.241 e. The van der Waals surface area contributed by atoms with Gasteiger partial charge >= 0.3 is 0 Å². The zero-order valence-electron chi connectivity index (χ0n) is 12.6. The fourth-order valence-corrected chi connectivity index (χ4v) is 2.49. The molecule has 0 aliphatic carbocycles. The molecular formula is C14H21Cl2N3O2. The average Bonchev–Trinajstić information content (AvgIpc) is 2.30. The van der Waals surface area contributed by atoms with Crippen molar-refractivity contribution in [2.24, 2.45) is 0 Å². The van der Waals surface area contributed by atoms with Crippen molar-refractivity contribution < 1.29 is 9.90 Å². The van der Waals surface area contributed by atoms with Crippen molar-refractivity contribution in [3.63, 3.8) is 0 Å². The fraction of sp³-hybridized carbons (Fsp3) is 0.500. The minimum atomic E-state index is -0.889. The van der Waals surface area contributed by atoms with Gasteiger partial charge in [-0.25, -0.2) is 0 Å². The number of hydrogen-bond acceptors (Lipinski definition) is 4. The highest BCUT2D eigenvalue weighted by Gasteiger charge is 2.24. The first kappa shape index (κ1) is 18.0. The molecule has 5 nitrogen and oxygen atoms in total. The number of nitrogens with two attached hydrogens (primary N) is 1. The Morgan fingerprint density at radius 2 is 1.90 bits per heavy atom. The second-order valence-corrected chi connectivity index (χ2v) is 6.57. The molecule has 0 radical (unpaired) electrons. The number of benzene rings is 1. The van der Waals surface area contributed by atoms with Crippen LogP contribution >= 0.6 is 23.2 Å². The summed E-state index contributed by atoms with van der Waals surface area (Å²) < 4.78 is 0. The summed E-state index contributed by atoms with van der Waals surface area (Å²) in [5.41, 5.74) is 5.49. The number of carbonyl (C=O) groups is 1. The van der Waals surface area contributed by atoms with E-state index in [1.165, 1.54) is 12.1 Å². The van der Waals surface area contributed by atoms with E-state index in [0.717, 1.165) is 0 Å². The van der Waals surface area contributed by atoms with Crippen LogP contribution in [-0.2, 0) is 4.79 Å². The van der Waals surface area contributed by atoms with Crippen molar-refractivity contribution in [2.75, 3.05) is 24.6 Å². The van der Waals surface area contributed by atoms with Crippen LogP contribution in [0.3, 0.4) is 0 Å². The van der Waals surface area contributed by atoms with E-state index in [2.05, 4.69) is 5.32 Å². The molecule has 1 aromatic carbocycles. The standard InChI is InChI=1S/C14H21Cl2N3O2/c1-8(19(4)7-14(2,3)21)13(20)18-12-10(15)5-9(17)6-11(12)16/h5-6,8,21H,7,17H2,1-4H3,(H,18,20). The molecule has 0 aliphatic heterocycles. The lowest BCUT2D eigenvalue weighted by molar-refractivity contribution is -0.121. The molecule has 1 atom stereocenters. The van der Waals surface area contributed by atoms with Crippen molar-refractivity contribution in [1.82, 2.24) is 4.90 Å². The van der Waals surface area contributed by atoms with E-state index in [9.17, 15) is 9.90 Å². The van der Waals surface area contributed by atoms with Gasteiger partial charge in [-0.15, -0.1) is 0 Å². The number of amides is 1. The number of rotatable bonds is 5. The van der Waals surface area contributed by atoms with Crippen LogP contribution in [0.2, 0.25) is 10.0 Å². The predicted octanol–water partition coefficient (Wildman–Crippen LogP) is 2.61. The molecule has 0 saturated carbocycles. The number of carbonyl (C=O) groups excluding carboxylic acids is 1. The van der Waals surface area contributed by atoms with Gasteiger partial charge in [-0.3, -0.25) is 9.69 Å². The molecule has 0 aromatic heterocycles. The van der Waals surface area contributed by atoms with Crippen molar-refractivity contribution in [3.8, 4) is 0 Å². The highest BCUT2D eigenvalue weighted by molar-refractivity contribution is 6.40. The lowest BCUT2D eigenvalue weighted by atomic mass is 10.1. The van der Waals surface area contributed by atoms with Crippen molar-refractivity contribution in [3.05, 3.63) is 22.2 Å². The average molecular weight is 334 g/mol. The zero-order valence-corrected chi connectivity index (χ0v) is 14.1. The molecule has 0 fully saturated rings. The zero-order chi connectivity index (χ0) is 16.4. The van der Waals surface area contributed by atoms with Crippen LogP contribution in [0, 0.1) is 0 Å². The maximum atomic E-state index is 12.2. The Balaban J connectivity index is 2.82. The third-order valence-corrected chi connectivity index (χ3v) is 3.59. The highest BCUT2D eigenvalue weighted by Crippen LogP contribution is 2.33. The molecule has 4 N–H and O–H groups in total. The Bertz CT molecular complexity index is 506. The first-order chi connectivity index (χ1) is 9.51. The predicted molar refractivity (Wildman–Crippen MR) is 87.9 cm³/mol. The number of aliphatic hydroxyl groups is 1. The van der Waals surface area contributed by atoms with Crippen LogP contribution in [0.4, 0.5) is 11.4 Å². The summed E-state index contributed by atoms with van der Waals surface area (Å²) in [4.78, 5) is 14.0. The van der Waals surface area contributed by atoms with Gasteiger partial charge in [0.2, 0.25) is 5.91 Å². The summed E-state index contributed by atoms with van der Waals surface area (Å²) in [5.74, 6) is -0.268. The van der Waals surface area contributed by atoms with E-state index < -0.39 is 11.6 Å². The molecule has 7 heteroatoms. The third kappa shape index (κ3) is 5.36. The first-order valence-corrected chi connectivity index (χ1v) is 7.25. The van der Waals surface area contributed by atoms with Crippen molar-refractivity contribution in [2.45, 2.75) is 32.4 Å². The van der Waals surface area contributed by atoms with Gasteiger partial charge in [0.05, 0.1) is 27.4 Å². The number of hydrogen-bond donors (Lipinski definition) is 3. The molecule has 0 spiro atoms. The summed E-state index contributed by atoms with van der Waals surface area (Å²) in [6.07, 6.45) is 0. The van der Waals surface area contributed by atoms with Crippen LogP contribution in [0.25, 0.3) is 0 Å².